The van der Waals surface area contributed by atoms with E-state index in [1.807, 2.05) is 42.5 Å². The first-order chi connectivity index (χ1) is 13.4. The molecule has 148 valence electrons. The number of carboxylic acid groups (broad SMARTS) is 1. The molecule has 0 saturated heterocycles. The van der Waals surface area contributed by atoms with Gasteiger partial charge in [0.2, 0.25) is 11.8 Å². The Labute approximate surface area is 163 Å². The Morgan fingerprint density at radius 2 is 1.75 bits per heavy atom. The van der Waals surface area contributed by atoms with Crippen molar-refractivity contribution in [2.45, 2.75) is 44.7 Å². The molecular formula is C21H24N2O5. The summed E-state index contributed by atoms with van der Waals surface area (Å²) < 4.78 is 0. The van der Waals surface area contributed by atoms with Crippen LogP contribution in [0.15, 0.2) is 42.5 Å². The number of amides is 2. The molecule has 7 heteroatoms. The van der Waals surface area contributed by atoms with Crippen LogP contribution < -0.4 is 10.6 Å². The smallest absolute Gasteiger partial charge is 0.303 e. The topological polar surface area (TPSA) is 113 Å². The normalized spacial score (nSPS) is 12.8. The van der Waals surface area contributed by atoms with E-state index < -0.39 is 29.9 Å². The number of rotatable bonds is 10. The van der Waals surface area contributed by atoms with Crippen molar-refractivity contribution in [2.24, 2.45) is 0 Å². The number of carbonyl (C=O) groups excluding carboxylic acids is 3. The van der Waals surface area contributed by atoms with Gasteiger partial charge in [-0.2, -0.15) is 0 Å². The fourth-order valence-corrected chi connectivity index (χ4v) is 2.93. The van der Waals surface area contributed by atoms with Crippen molar-refractivity contribution >= 4 is 34.8 Å². The summed E-state index contributed by atoms with van der Waals surface area (Å²) in [6.45, 7) is 1.55. The maximum atomic E-state index is 12.6. The molecule has 2 rings (SSSR count). The van der Waals surface area contributed by atoms with Gasteiger partial charge < -0.3 is 20.5 Å². The Morgan fingerprint density at radius 3 is 2.46 bits per heavy atom. The Kier molecular flexibility index (Phi) is 7.68. The molecule has 3 N–H and O–H groups in total. The summed E-state index contributed by atoms with van der Waals surface area (Å²) in [5, 5.41) is 15.9. The zero-order valence-electron chi connectivity index (χ0n) is 15.7. The average molecular weight is 384 g/mol. The van der Waals surface area contributed by atoms with Gasteiger partial charge >= 0.3 is 5.97 Å². The molecule has 0 aromatic heterocycles. The molecule has 2 amide bonds. The molecule has 28 heavy (non-hydrogen) atoms. The van der Waals surface area contributed by atoms with Crippen LogP contribution in [0, 0.1) is 0 Å². The lowest BCUT2D eigenvalue weighted by Crippen LogP contribution is -2.50. The number of benzene rings is 2. The molecule has 0 bridgehead atoms. The molecule has 0 fully saturated rings. The molecule has 0 aliphatic heterocycles. The fraction of sp³-hybridized carbons (Fsp3) is 0.333. The van der Waals surface area contributed by atoms with Crippen molar-refractivity contribution in [3.8, 4) is 0 Å². The molecule has 0 saturated carbocycles. The summed E-state index contributed by atoms with van der Waals surface area (Å²) in [5.41, 5.74) is 0.892. The van der Waals surface area contributed by atoms with E-state index in [9.17, 15) is 19.2 Å². The number of hydrogen-bond acceptors (Lipinski definition) is 4. The van der Waals surface area contributed by atoms with Crippen LogP contribution >= 0.6 is 0 Å². The number of hydrogen-bond donors (Lipinski definition) is 3. The third-order valence-electron chi connectivity index (χ3n) is 4.32. The van der Waals surface area contributed by atoms with Gasteiger partial charge in [-0.25, -0.2) is 0 Å². The van der Waals surface area contributed by atoms with E-state index in [0.717, 1.165) is 16.3 Å². The highest BCUT2D eigenvalue weighted by molar-refractivity contribution is 5.91. The second-order valence-electron chi connectivity index (χ2n) is 6.64. The predicted octanol–water partition coefficient (Wildman–Crippen LogP) is 1.83. The minimum atomic E-state index is -0.974. The van der Waals surface area contributed by atoms with Gasteiger partial charge in [0.25, 0.3) is 0 Å². The van der Waals surface area contributed by atoms with Crippen molar-refractivity contribution in [1.82, 2.24) is 10.6 Å². The summed E-state index contributed by atoms with van der Waals surface area (Å²) in [7, 11) is 0. The monoisotopic (exact) mass is 384 g/mol. The van der Waals surface area contributed by atoms with Crippen molar-refractivity contribution < 1.29 is 24.3 Å². The number of aldehydes is 1. The van der Waals surface area contributed by atoms with Crippen LogP contribution in [0.3, 0.4) is 0 Å². The van der Waals surface area contributed by atoms with Crippen molar-refractivity contribution in [2.75, 3.05) is 0 Å². The Balaban J connectivity index is 2.17. The standard InChI is InChI=1S/C21H24N2O5/c1-14(13-24)22-21(28)18(23-19(25)10-5-11-20(26)27)12-16-8-4-7-15-6-2-3-9-17(15)16/h2-4,6-9,13-14,18H,5,10-12H2,1H3,(H,22,28)(H,23,25)(H,26,27). The molecule has 0 aliphatic carbocycles. The Hall–Kier alpha value is -3.22. The molecule has 2 atom stereocenters. The van der Waals surface area contributed by atoms with E-state index in [2.05, 4.69) is 10.6 Å². The molecule has 0 spiro atoms. The number of aliphatic carboxylic acids is 1. The largest absolute Gasteiger partial charge is 0.481 e. The summed E-state index contributed by atoms with van der Waals surface area (Å²) in [4.78, 5) is 46.3. The predicted molar refractivity (Wildman–Crippen MR) is 105 cm³/mol. The van der Waals surface area contributed by atoms with Gasteiger partial charge in [0.05, 0.1) is 6.04 Å². The number of fused-ring (bicyclic) bond motifs is 1. The summed E-state index contributed by atoms with van der Waals surface area (Å²) in [5.74, 6) is -1.84. The Morgan fingerprint density at radius 1 is 1.04 bits per heavy atom. The average Bonchev–Trinajstić information content (AvgIpc) is 2.67. The van der Waals surface area contributed by atoms with Crippen LogP contribution in [0.2, 0.25) is 0 Å². The zero-order chi connectivity index (χ0) is 20.5. The lowest BCUT2D eigenvalue weighted by Gasteiger charge is -2.20. The molecule has 0 heterocycles. The summed E-state index contributed by atoms with van der Waals surface area (Å²) >= 11 is 0. The molecule has 7 nitrogen and oxygen atoms in total. The summed E-state index contributed by atoms with van der Waals surface area (Å²) in [6.07, 6.45) is 0.949. The van der Waals surface area contributed by atoms with Gasteiger partial charge in [0.15, 0.2) is 0 Å². The third kappa shape index (κ3) is 6.19. The molecule has 2 unspecified atom stereocenters. The van der Waals surface area contributed by atoms with Crippen LogP contribution in [-0.2, 0) is 25.6 Å². The first-order valence-electron chi connectivity index (χ1n) is 9.14. The number of carbonyl (C=O) groups is 4. The maximum Gasteiger partial charge on any atom is 0.303 e. The quantitative estimate of drug-likeness (QED) is 0.541. The molecular weight excluding hydrogens is 360 g/mol. The number of carboxylic acids is 1. The van der Waals surface area contributed by atoms with Crippen LogP contribution in [0.25, 0.3) is 10.8 Å². The van der Waals surface area contributed by atoms with E-state index in [1.165, 1.54) is 0 Å². The van der Waals surface area contributed by atoms with Crippen LogP contribution in [0.1, 0.15) is 31.7 Å². The van der Waals surface area contributed by atoms with Gasteiger partial charge in [-0.1, -0.05) is 42.5 Å². The second kappa shape index (κ2) is 10.2. The van der Waals surface area contributed by atoms with Gasteiger partial charge in [-0.3, -0.25) is 14.4 Å². The van der Waals surface area contributed by atoms with E-state index in [4.69, 9.17) is 5.11 Å². The van der Waals surface area contributed by atoms with Crippen molar-refractivity contribution in [3.05, 3.63) is 48.0 Å². The van der Waals surface area contributed by atoms with Gasteiger partial charge in [-0.05, 0) is 29.7 Å². The van der Waals surface area contributed by atoms with E-state index in [0.29, 0.717) is 6.29 Å². The van der Waals surface area contributed by atoms with E-state index >= 15 is 0 Å². The van der Waals surface area contributed by atoms with Crippen LogP contribution in [0.4, 0.5) is 0 Å². The fourth-order valence-electron chi connectivity index (χ4n) is 2.93. The van der Waals surface area contributed by atoms with Crippen molar-refractivity contribution in [3.63, 3.8) is 0 Å². The van der Waals surface area contributed by atoms with E-state index in [1.54, 1.807) is 6.92 Å². The lowest BCUT2D eigenvalue weighted by molar-refractivity contribution is -0.137. The van der Waals surface area contributed by atoms with Gasteiger partial charge in [-0.15, -0.1) is 0 Å². The third-order valence-corrected chi connectivity index (χ3v) is 4.32. The highest BCUT2D eigenvalue weighted by Gasteiger charge is 2.23. The van der Waals surface area contributed by atoms with Crippen LogP contribution in [-0.4, -0.2) is 41.3 Å². The Bertz CT molecular complexity index is 859. The zero-order valence-corrected chi connectivity index (χ0v) is 15.7. The highest BCUT2D eigenvalue weighted by atomic mass is 16.4. The molecule has 2 aromatic carbocycles. The lowest BCUT2D eigenvalue weighted by atomic mass is 9.98. The summed E-state index contributed by atoms with van der Waals surface area (Å²) in [6, 6.07) is 11.9. The van der Waals surface area contributed by atoms with E-state index in [-0.39, 0.29) is 25.7 Å². The van der Waals surface area contributed by atoms with Crippen LogP contribution in [0.5, 0.6) is 0 Å². The minimum absolute atomic E-state index is 0.00878. The van der Waals surface area contributed by atoms with Gasteiger partial charge in [0, 0.05) is 19.3 Å². The maximum absolute atomic E-state index is 12.6. The first kappa shape index (κ1) is 21.1. The van der Waals surface area contributed by atoms with Gasteiger partial charge in [0.1, 0.15) is 12.3 Å². The number of nitrogens with one attached hydrogen (secondary N) is 2. The highest BCUT2D eigenvalue weighted by Crippen LogP contribution is 2.20. The molecule has 2 aromatic rings. The minimum Gasteiger partial charge on any atom is -0.481 e. The molecule has 0 aliphatic rings. The molecule has 0 radical (unpaired) electrons. The first-order valence-corrected chi connectivity index (χ1v) is 9.14. The SMILES string of the molecule is CC(C=O)NC(=O)C(Cc1cccc2ccccc12)NC(=O)CCCC(=O)O. The second-order valence-corrected chi connectivity index (χ2v) is 6.64. The van der Waals surface area contributed by atoms with Crippen molar-refractivity contribution in [1.29, 1.82) is 0 Å².